The predicted octanol–water partition coefficient (Wildman–Crippen LogP) is 2.72. The molecule has 1 aromatic carbocycles. The van der Waals surface area contributed by atoms with Gasteiger partial charge in [-0.25, -0.2) is 4.39 Å². The van der Waals surface area contributed by atoms with Crippen LogP contribution in [0.3, 0.4) is 0 Å². The largest absolute Gasteiger partial charge is 0.493 e. The van der Waals surface area contributed by atoms with Crippen molar-refractivity contribution in [3.8, 4) is 22.6 Å². The lowest BCUT2D eigenvalue weighted by molar-refractivity contribution is 0.347. The Morgan fingerprint density at radius 1 is 1.20 bits per heavy atom. The Hall–Kier alpha value is -2.24. The number of aromatic nitrogens is 2. The van der Waals surface area contributed by atoms with Crippen LogP contribution in [-0.4, -0.2) is 24.0 Å². The van der Waals surface area contributed by atoms with Crippen molar-refractivity contribution in [3.05, 3.63) is 23.9 Å². The highest BCUT2D eigenvalue weighted by molar-refractivity contribution is 5.78. The molecule has 0 amide bonds. The van der Waals surface area contributed by atoms with E-state index in [9.17, 15) is 4.39 Å². The van der Waals surface area contributed by atoms with Crippen molar-refractivity contribution in [2.75, 3.05) is 20.0 Å². The highest BCUT2D eigenvalue weighted by Gasteiger charge is 2.19. The van der Waals surface area contributed by atoms with Crippen LogP contribution in [0.1, 0.15) is 18.7 Å². The molecule has 20 heavy (non-hydrogen) atoms. The monoisotopic (exact) mass is 279 g/mol. The summed E-state index contributed by atoms with van der Waals surface area (Å²) in [5.74, 6) is 1.48. The van der Waals surface area contributed by atoms with Crippen molar-refractivity contribution in [3.63, 3.8) is 0 Å². The molecule has 0 aliphatic rings. The van der Waals surface area contributed by atoms with Gasteiger partial charge in [-0.05, 0) is 30.2 Å². The Bertz CT molecular complexity index is 623. The number of halogens is 1. The molecular weight excluding hydrogens is 261 g/mol. The van der Waals surface area contributed by atoms with Crippen molar-refractivity contribution >= 4 is 5.82 Å². The van der Waals surface area contributed by atoms with Crippen LogP contribution in [0, 0.1) is 0 Å². The van der Waals surface area contributed by atoms with E-state index in [0.717, 1.165) is 0 Å². The van der Waals surface area contributed by atoms with Gasteiger partial charge in [-0.1, -0.05) is 0 Å². The fourth-order valence-electron chi connectivity index (χ4n) is 2.11. The molecule has 0 radical (unpaired) electrons. The molecule has 6 heteroatoms. The van der Waals surface area contributed by atoms with Crippen LogP contribution in [0.5, 0.6) is 11.5 Å². The molecular formula is C14H18FN3O2. The van der Waals surface area contributed by atoms with E-state index in [4.69, 9.17) is 15.2 Å². The zero-order chi connectivity index (χ0) is 14.9. The maximum Gasteiger partial charge on any atom is 0.161 e. The third kappa shape index (κ3) is 2.29. The molecule has 0 spiro atoms. The molecule has 0 aliphatic heterocycles. The van der Waals surface area contributed by atoms with Crippen molar-refractivity contribution < 1.29 is 13.9 Å². The zero-order valence-electron chi connectivity index (χ0n) is 12.0. The first-order valence-electron chi connectivity index (χ1n) is 6.17. The first-order valence-corrected chi connectivity index (χ1v) is 6.17. The lowest BCUT2D eigenvalue weighted by Gasteiger charge is -2.15. The van der Waals surface area contributed by atoms with Gasteiger partial charge in [-0.2, -0.15) is 5.10 Å². The van der Waals surface area contributed by atoms with Crippen molar-refractivity contribution in [2.45, 2.75) is 13.1 Å². The zero-order valence-corrected chi connectivity index (χ0v) is 12.0. The van der Waals surface area contributed by atoms with Gasteiger partial charge >= 0.3 is 0 Å². The molecule has 0 fully saturated rings. The van der Waals surface area contributed by atoms with E-state index in [1.165, 1.54) is 21.1 Å². The molecule has 0 bridgehead atoms. The molecule has 0 saturated heterocycles. The third-order valence-corrected chi connectivity index (χ3v) is 3.26. The quantitative estimate of drug-likeness (QED) is 0.934. The van der Waals surface area contributed by atoms with Gasteiger partial charge in [0, 0.05) is 12.6 Å². The first-order chi connectivity index (χ1) is 9.49. The maximum absolute atomic E-state index is 13.9. The van der Waals surface area contributed by atoms with Gasteiger partial charge < -0.3 is 15.2 Å². The number of nitrogen functional groups attached to an aromatic ring is 1. The third-order valence-electron chi connectivity index (χ3n) is 3.26. The van der Waals surface area contributed by atoms with Crippen LogP contribution in [0.4, 0.5) is 10.2 Å². The number of nitrogens with zero attached hydrogens (tertiary/aromatic N) is 2. The number of hydrogen-bond donors (Lipinski definition) is 1. The number of aryl methyl sites for hydroxylation is 1. The predicted molar refractivity (Wildman–Crippen MR) is 75.7 cm³/mol. The molecule has 1 atom stereocenters. The Balaban J connectivity index is 2.70. The lowest BCUT2D eigenvalue weighted by atomic mass is 9.98. The van der Waals surface area contributed by atoms with E-state index in [1.807, 2.05) is 0 Å². The highest BCUT2D eigenvalue weighted by Crippen LogP contribution is 2.40. The molecule has 1 unspecified atom stereocenters. The number of rotatable bonds is 4. The van der Waals surface area contributed by atoms with E-state index >= 15 is 0 Å². The summed E-state index contributed by atoms with van der Waals surface area (Å²) in [4.78, 5) is 0. The van der Waals surface area contributed by atoms with Gasteiger partial charge in [0.1, 0.15) is 12.0 Å². The number of benzene rings is 1. The summed E-state index contributed by atoms with van der Waals surface area (Å²) in [6.07, 6.45) is 0.451. The fraction of sp³-hybridized carbons (Fsp3) is 0.357. The Labute approximate surface area is 117 Å². The number of hydrogen-bond acceptors (Lipinski definition) is 4. The Morgan fingerprint density at radius 2 is 1.80 bits per heavy atom. The topological polar surface area (TPSA) is 62.3 Å². The SMILES string of the molecule is COc1cc(-c2cnn(C)c2N)c(C(C)F)cc1OC. The van der Waals surface area contributed by atoms with Crippen LogP contribution in [-0.2, 0) is 7.05 Å². The van der Waals surface area contributed by atoms with Gasteiger partial charge in [0.15, 0.2) is 11.5 Å². The van der Waals surface area contributed by atoms with E-state index in [1.54, 1.807) is 30.1 Å². The average Bonchev–Trinajstić information content (AvgIpc) is 2.77. The van der Waals surface area contributed by atoms with E-state index in [0.29, 0.717) is 34.0 Å². The second-order valence-electron chi connectivity index (χ2n) is 4.48. The van der Waals surface area contributed by atoms with Gasteiger partial charge in [-0.3, -0.25) is 4.68 Å². The second kappa shape index (κ2) is 5.40. The minimum Gasteiger partial charge on any atom is -0.493 e. The molecule has 1 aromatic heterocycles. The van der Waals surface area contributed by atoms with Crippen LogP contribution >= 0.6 is 0 Å². The minimum absolute atomic E-state index is 0.471. The highest BCUT2D eigenvalue weighted by atomic mass is 19.1. The first kappa shape index (κ1) is 14.2. The van der Waals surface area contributed by atoms with Crippen LogP contribution in [0.25, 0.3) is 11.1 Å². The van der Waals surface area contributed by atoms with E-state index in [2.05, 4.69) is 5.10 Å². The summed E-state index contributed by atoms with van der Waals surface area (Å²) in [5, 5.41) is 4.09. The van der Waals surface area contributed by atoms with E-state index in [-0.39, 0.29) is 0 Å². The summed E-state index contributed by atoms with van der Waals surface area (Å²) >= 11 is 0. The van der Waals surface area contributed by atoms with Crippen LogP contribution in [0.2, 0.25) is 0 Å². The number of methoxy groups -OCH3 is 2. The van der Waals surface area contributed by atoms with Crippen molar-refractivity contribution in [2.24, 2.45) is 7.05 Å². The average molecular weight is 279 g/mol. The van der Waals surface area contributed by atoms with Crippen molar-refractivity contribution in [1.82, 2.24) is 9.78 Å². The smallest absolute Gasteiger partial charge is 0.161 e. The molecule has 108 valence electrons. The second-order valence-corrected chi connectivity index (χ2v) is 4.48. The summed E-state index contributed by atoms with van der Waals surface area (Å²) in [7, 11) is 4.79. The molecule has 5 nitrogen and oxygen atoms in total. The fourth-order valence-corrected chi connectivity index (χ4v) is 2.11. The van der Waals surface area contributed by atoms with E-state index < -0.39 is 6.17 Å². The molecule has 2 N–H and O–H groups in total. The van der Waals surface area contributed by atoms with Crippen LogP contribution < -0.4 is 15.2 Å². The molecule has 1 heterocycles. The summed E-state index contributed by atoms with van der Waals surface area (Å²) in [5.41, 5.74) is 7.79. The van der Waals surface area contributed by atoms with Gasteiger partial charge in [0.05, 0.1) is 20.4 Å². The molecule has 2 rings (SSSR count). The maximum atomic E-state index is 13.9. The lowest BCUT2D eigenvalue weighted by Crippen LogP contribution is -2.00. The summed E-state index contributed by atoms with van der Waals surface area (Å²) < 4.78 is 25.9. The van der Waals surface area contributed by atoms with Crippen molar-refractivity contribution in [1.29, 1.82) is 0 Å². The number of nitrogens with two attached hydrogens (primary N) is 1. The van der Waals surface area contributed by atoms with Gasteiger partial charge in [0.25, 0.3) is 0 Å². The Morgan fingerprint density at radius 3 is 2.25 bits per heavy atom. The standard InChI is InChI=1S/C14H18FN3O2/c1-8(15)9-5-12(19-3)13(20-4)6-10(9)11-7-17-18(2)14(11)16/h5-8H,16H2,1-4H3. The summed E-state index contributed by atoms with van der Waals surface area (Å²) in [6.45, 7) is 1.47. The van der Waals surface area contributed by atoms with Crippen LogP contribution in [0.15, 0.2) is 18.3 Å². The molecule has 0 saturated carbocycles. The number of alkyl halides is 1. The molecule has 0 aliphatic carbocycles. The minimum atomic E-state index is -1.16. The molecule has 2 aromatic rings. The number of anilines is 1. The number of ether oxygens (including phenoxy) is 2. The summed E-state index contributed by atoms with van der Waals surface area (Å²) in [6, 6.07) is 3.35. The normalized spacial score (nSPS) is 12.2. The Kier molecular flexibility index (Phi) is 3.83. The van der Waals surface area contributed by atoms with Gasteiger partial charge in [-0.15, -0.1) is 0 Å². The van der Waals surface area contributed by atoms with Gasteiger partial charge in [0.2, 0.25) is 0 Å².